The second-order valence-electron chi connectivity index (χ2n) is 5.85. The number of hydrogen-bond donors (Lipinski definition) is 1. The molecule has 1 aliphatic carbocycles. The lowest BCUT2D eigenvalue weighted by Crippen LogP contribution is -2.39. The van der Waals surface area contributed by atoms with Crippen LogP contribution in [0.3, 0.4) is 0 Å². The molecule has 0 aromatic heterocycles. The predicted molar refractivity (Wildman–Crippen MR) is 69.4 cm³/mol. The van der Waals surface area contributed by atoms with E-state index >= 15 is 0 Å². The van der Waals surface area contributed by atoms with Crippen LogP contribution in [0.1, 0.15) is 51.4 Å². The van der Waals surface area contributed by atoms with E-state index in [1.807, 2.05) is 0 Å². The highest BCUT2D eigenvalue weighted by atomic mass is 15.1. The summed E-state index contributed by atoms with van der Waals surface area (Å²) in [6.45, 7) is 4.92. The van der Waals surface area contributed by atoms with Crippen LogP contribution >= 0.6 is 0 Å². The lowest BCUT2D eigenvalue weighted by atomic mass is 9.87. The topological polar surface area (TPSA) is 29.3 Å². The third-order valence-electron chi connectivity index (χ3n) is 4.42. The van der Waals surface area contributed by atoms with Crippen LogP contribution < -0.4 is 5.73 Å². The second-order valence-corrected chi connectivity index (χ2v) is 5.85. The molecule has 0 spiro atoms. The molecule has 2 heteroatoms. The van der Waals surface area contributed by atoms with Gasteiger partial charge in [-0.25, -0.2) is 0 Å². The van der Waals surface area contributed by atoms with E-state index in [-0.39, 0.29) is 0 Å². The first-order valence-corrected chi connectivity index (χ1v) is 7.31. The van der Waals surface area contributed by atoms with E-state index < -0.39 is 0 Å². The van der Waals surface area contributed by atoms with Crippen molar-refractivity contribution in [2.75, 3.05) is 26.2 Å². The summed E-state index contributed by atoms with van der Waals surface area (Å²) >= 11 is 0. The van der Waals surface area contributed by atoms with Gasteiger partial charge in [0.2, 0.25) is 0 Å². The fourth-order valence-electron chi connectivity index (χ4n) is 3.52. The number of nitrogens with two attached hydrogens (primary N) is 1. The lowest BCUT2D eigenvalue weighted by Gasteiger charge is -2.36. The Balaban J connectivity index is 1.71. The minimum atomic E-state index is 0.877. The second kappa shape index (κ2) is 6.61. The van der Waals surface area contributed by atoms with Crippen molar-refractivity contribution in [3.05, 3.63) is 0 Å². The van der Waals surface area contributed by atoms with Gasteiger partial charge < -0.3 is 10.6 Å². The van der Waals surface area contributed by atoms with E-state index in [0.717, 1.165) is 18.4 Å². The molecule has 0 amide bonds. The minimum absolute atomic E-state index is 0.877. The highest BCUT2D eigenvalue weighted by Gasteiger charge is 2.22. The van der Waals surface area contributed by atoms with Gasteiger partial charge in [-0.15, -0.1) is 0 Å². The number of nitrogens with zero attached hydrogens (tertiary/aromatic N) is 1. The third-order valence-corrected chi connectivity index (χ3v) is 4.42. The molecule has 1 saturated heterocycles. The predicted octanol–water partition coefficient (Wildman–Crippen LogP) is 2.63. The fourth-order valence-corrected chi connectivity index (χ4v) is 3.52. The molecule has 94 valence electrons. The molecular formula is C14H28N2. The molecule has 2 nitrogen and oxygen atoms in total. The lowest BCUT2D eigenvalue weighted by molar-refractivity contribution is 0.134. The summed E-state index contributed by atoms with van der Waals surface area (Å²) in [5.41, 5.74) is 5.67. The summed E-state index contributed by atoms with van der Waals surface area (Å²) in [6.07, 6.45) is 11.5. The Hall–Kier alpha value is -0.0800. The fraction of sp³-hybridized carbons (Fsp3) is 1.00. The van der Waals surface area contributed by atoms with Gasteiger partial charge in [-0.3, -0.25) is 0 Å². The van der Waals surface area contributed by atoms with Crippen LogP contribution in [0.4, 0.5) is 0 Å². The molecular weight excluding hydrogens is 196 g/mol. The molecule has 1 saturated carbocycles. The molecule has 0 bridgehead atoms. The van der Waals surface area contributed by atoms with Crippen LogP contribution in [0.5, 0.6) is 0 Å². The van der Waals surface area contributed by atoms with Gasteiger partial charge in [0.05, 0.1) is 0 Å². The normalized spacial score (nSPS) is 29.4. The summed E-state index contributed by atoms with van der Waals surface area (Å²) in [6, 6.07) is 0. The third kappa shape index (κ3) is 3.74. The molecule has 0 aromatic rings. The maximum atomic E-state index is 5.67. The zero-order valence-electron chi connectivity index (χ0n) is 10.7. The summed E-state index contributed by atoms with van der Waals surface area (Å²) < 4.78 is 0. The monoisotopic (exact) mass is 224 g/mol. The molecule has 2 aliphatic rings. The van der Waals surface area contributed by atoms with Gasteiger partial charge in [-0.05, 0) is 57.0 Å². The van der Waals surface area contributed by atoms with Crippen molar-refractivity contribution < 1.29 is 0 Å². The molecule has 0 radical (unpaired) electrons. The first-order valence-electron chi connectivity index (χ1n) is 7.31. The van der Waals surface area contributed by atoms with Crippen molar-refractivity contribution >= 4 is 0 Å². The first-order chi connectivity index (χ1) is 7.88. The Kier molecular flexibility index (Phi) is 5.11. The van der Waals surface area contributed by atoms with Crippen molar-refractivity contribution in [3.63, 3.8) is 0 Å². The maximum absolute atomic E-state index is 5.67. The Morgan fingerprint density at radius 2 is 1.69 bits per heavy atom. The smallest absolute Gasteiger partial charge is 0.00103 e. The van der Waals surface area contributed by atoms with E-state index in [2.05, 4.69) is 4.90 Å². The molecule has 2 fully saturated rings. The van der Waals surface area contributed by atoms with Crippen molar-refractivity contribution in [1.82, 2.24) is 4.90 Å². The quantitative estimate of drug-likeness (QED) is 0.795. The van der Waals surface area contributed by atoms with Gasteiger partial charge in [-0.1, -0.05) is 19.3 Å². The van der Waals surface area contributed by atoms with Gasteiger partial charge in [0.1, 0.15) is 0 Å². The molecule has 1 heterocycles. The van der Waals surface area contributed by atoms with Crippen molar-refractivity contribution in [3.8, 4) is 0 Å². The standard InChI is InChI=1S/C14H28N2/c15-9-8-14-7-4-10-16(12-14)11-13-5-2-1-3-6-13/h13-14H,1-12,15H2. The Labute approximate surface area is 101 Å². The molecule has 2 N–H and O–H groups in total. The summed E-state index contributed by atoms with van der Waals surface area (Å²) in [4.78, 5) is 2.72. The Morgan fingerprint density at radius 1 is 0.938 bits per heavy atom. The average molecular weight is 224 g/mol. The van der Waals surface area contributed by atoms with E-state index in [1.54, 1.807) is 0 Å². The number of hydrogen-bond acceptors (Lipinski definition) is 2. The molecule has 2 rings (SSSR count). The summed E-state index contributed by atoms with van der Waals surface area (Å²) in [7, 11) is 0. The van der Waals surface area contributed by atoms with Crippen LogP contribution in [0, 0.1) is 11.8 Å². The number of rotatable bonds is 4. The highest BCUT2D eigenvalue weighted by Crippen LogP contribution is 2.26. The van der Waals surface area contributed by atoms with E-state index in [4.69, 9.17) is 5.73 Å². The van der Waals surface area contributed by atoms with Crippen LogP contribution in [0.15, 0.2) is 0 Å². The summed E-state index contributed by atoms with van der Waals surface area (Å²) in [5.74, 6) is 1.90. The van der Waals surface area contributed by atoms with E-state index in [0.29, 0.717) is 0 Å². The Morgan fingerprint density at radius 3 is 2.44 bits per heavy atom. The maximum Gasteiger partial charge on any atom is 0.00103 e. The van der Waals surface area contributed by atoms with Gasteiger partial charge in [0.15, 0.2) is 0 Å². The minimum Gasteiger partial charge on any atom is -0.330 e. The molecule has 1 aliphatic heterocycles. The SMILES string of the molecule is NCCC1CCCN(CC2CCCCC2)C1. The van der Waals surface area contributed by atoms with Crippen LogP contribution in [0.2, 0.25) is 0 Å². The number of likely N-dealkylation sites (tertiary alicyclic amines) is 1. The van der Waals surface area contributed by atoms with Gasteiger partial charge in [-0.2, -0.15) is 0 Å². The zero-order chi connectivity index (χ0) is 11.2. The average Bonchev–Trinajstić information content (AvgIpc) is 2.31. The van der Waals surface area contributed by atoms with Crippen molar-refractivity contribution in [2.24, 2.45) is 17.6 Å². The number of piperidine rings is 1. The van der Waals surface area contributed by atoms with Crippen LogP contribution in [0.25, 0.3) is 0 Å². The first kappa shape index (κ1) is 12.4. The van der Waals surface area contributed by atoms with Crippen molar-refractivity contribution in [2.45, 2.75) is 51.4 Å². The van der Waals surface area contributed by atoms with Gasteiger partial charge >= 0.3 is 0 Å². The van der Waals surface area contributed by atoms with Gasteiger partial charge in [0.25, 0.3) is 0 Å². The molecule has 1 unspecified atom stereocenters. The highest BCUT2D eigenvalue weighted by molar-refractivity contribution is 4.77. The Bertz CT molecular complexity index is 185. The molecule has 16 heavy (non-hydrogen) atoms. The zero-order valence-corrected chi connectivity index (χ0v) is 10.7. The van der Waals surface area contributed by atoms with Crippen LogP contribution in [-0.4, -0.2) is 31.1 Å². The van der Waals surface area contributed by atoms with Crippen LogP contribution in [-0.2, 0) is 0 Å². The van der Waals surface area contributed by atoms with Crippen molar-refractivity contribution in [1.29, 1.82) is 0 Å². The van der Waals surface area contributed by atoms with E-state index in [9.17, 15) is 0 Å². The molecule has 1 atom stereocenters. The largest absolute Gasteiger partial charge is 0.330 e. The van der Waals surface area contributed by atoms with Gasteiger partial charge in [0, 0.05) is 13.1 Å². The van der Waals surface area contributed by atoms with E-state index in [1.165, 1.54) is 71.0 Å². The molecule has 0 aromatic carbocycles. The summed E-state index contributed by atoms with van der Waals surface area (Å²) in [5, 5.41) is 0.